The topological polar surface area (TPSA) is 36.9 Å². The second-order valence-corrected chi connectivity index (χ2v) is 7.59. The summed E-state index contributed by atoms with van der Waals surface area (Å²) >= 11 is 0. The molecule has 3 aromatic rings. The quantitative estimate of drug-likeness (QED) is 0.707. The number of fused-ring (bicyclic) bond motifs is 1. The molecule has 0 aliphatic carbocycles. The second kappa shape index (κ2) is 8.03. The molecule has 1 aliphatic rings. The molecule has 0 bridgehead atoms. The van der Waals surface area contributed by atoms with Crippen molar-refractivity contribution in [1.29, 1.82) is 0 Å². The molecule has 0 unspecified atom stereocenters. The lowest BCUT2D eigenvalue weighted by atomic mass is 9.98. The van der Waals surface area contributed by atoms with E-state index in [1.807, 2.05) is 0 Å². The maximum Gasteiger partial charge on any atom is 0.132 e. The Morgan fingerprint density at radius 3 is 2.46 bits per heavy atom. The summed E-state index contributed by atoms with van der Waals surface area (Å²) in [6.45, 7) is 5.34. The van der Waals surface area contributed by atoms with Crippen LogP contribution >= 0.6 is 0 Å². The third-order valence-electron chi connectivity index (χ3n) is 5.05. The van der Waals surface area contributed by atoms with Crippen LogP contribution in [0.1, 0.15) is 11.1 Å². The number of nitrogens with one attached hydrogen (secondary N) is 1. The maximum atomic E-state index is 6.13. The van der Waals surface area contributed by atoms with Crippen LogP contribution in [-0.4, -0.2) is 51.1 Å². The number of nitrogens with zero attached hydrogens (tertiary/aromatic N) is 2. The third kappa shape index (κ3) is 4.02. The first-order chi connectivity index (χ1) is 13.6. The molecule has 144 valence electrons. The van der Waals surface area contributed by atoms with Crippen molar-refractivity contribution in [3.05, 3.63) is 65.7 Å². The van der Waals surface area contributed by atoms with Crippen LogP contribution in [-0.2, 0) is 0 Å². The molecule has 0 atom stereocenters. The van der Waals surface area contributed by atoms with Crippen molar-refractivity contribution in [2.75, 3.05) is 40.3 Å². The Labute approximate surface area is 166 Å². The van der Waals surface area contributed by atoms with Gasteiger partial charge < -0.3 is 15.0 Å². The summed E-state index contributed by atoms with van der Waals surface area (Å²) in [5, 5.41) is 5.77. The number of aryl methyl sites for hydroxylation is 1. The van der Waals surface area contributed by atoms with Gasteiger partial charge in [-0.05, 0) is 61.1 Å². The molecule has 0 saturated heterocycles. The van der Waals surface area contributed by atoms with Crippen LogP contribution in [0.25, 0.3) is 21.9 Å². The number of aliphatic imine (C=N–C) groups is 1. The van der Waals surface area contributed by atoms with Crippen LogP contribution in [0.3, 0.4) is 0 Å². The van der Waals surface area contributed by atoms with Gasteiger partial charge in [0.1, 0.15) is 18.2 Å². The fourth-order valence-electron chi connectivity index (χ4n) is 3.42. The molecule has 4 nitrogen and oxygen atoms in total. The van der Waals surface area contributed by atoms with Gasteiger partial charge in [-0.15, -0.1) is 0 Å². The van der Waals surface area contributed by atoms with Crippen LogP contribution in [0.15, 0.2) is 59.6 Å². The average molecular weight is 374 g/mol. The summed E-state index contributed by atoms with van der Waals surface area (Å²) < 4.78 is 6.13. The van der Waals surface area contributed by atoms with E-state index in [2.05, 4.69) is 90.8 Å². The Morgan fingerprint density at radius 2 is 1.75 bits per heavy atom. The molecule has 0 aromatic heterocycles. The van der Waals surface area contributed by atoms with Gasteiger partial charge in [0, 0.05) is 13.1 Å². The van der Waals surface area contributed by atoms with Crippen LogP contribution in [0.2, 0.25) is 0 Å². The summed E-state index contributed by atoms with van der Waals surface area (Å²) in [5.41, 5.74) is 4.78. The van der Waals surface area contributed by atoms with E-state index in [-0.39, 0.29) is 0 Å². The second-order valence-electron chi connectivity index (χ2n) is 7.59. The molecule has 1 heterocycles. The highest BCUT2D eigenvalue weighted by Gasteiger charge is 2.15. The number of benzene rings is 3. The molecule has 3 aromatic carbocycles. The predicted octanol–water partition coefficient (Wildman–Crippen LogP) is 4.11. The highest BCUT2D eigenvalue weighted by molar-refractivity contribution is 6.06. The standard InChI is InChI=1S/C24H27N3O/c1-17-4-6-18(7-5-17)19-8-9-20-16-23(28-13-12-27(2)3)22(15-21(20)14-19)24-25-10-11-26-24/h4-9,14-16H,10-13H2,1-3H3,(H,25,26). The Hall–Kier alpha value is -2.85. The van der Waals surface area contributed by atoms with Crippen molar-refractivity contribution in [1.82, 2.24) is 10.2 Å². The van der Waals surface area contributed by atoms with E-state index in [0.717, 1.165) is 36.8 Å². The van der Waals surface area contributed by atoms with Gasteiger partial charge in [-0.25, -0.2) is 0 Å². The van der Waals surface area contributed by atoms with Crippen molar-refractivity contribution in [2.24, 2.45) is 4.99 Å². The molecule has 0 saturated carbocycles. The van der Waals surface area contributed by atoms with E-state index in [4.69, 9.17) is 4.74 Å². The minimum absolute atomic E-state index is 0.653. The summed E-state index contributed by atoms with van der Waals surface area (Å²) in [6, 6.07) is 19.6. The largest absolute Gasteiger partial charge is 0.491 e. The zero-order valence-corrected chi connectivity index (χ0v) is 16.8. The molecule has 0 fully saturated rings. The van der Waals surface area contributed by atoms with Crippen LogP contribution < -0.4 is 10.1 Å². The van der Waals surface area contributed by atoms with Crippen molar-refractivity contribution in [3.63, 3.8) is 0 Å². The van der Waals surface area contributed by atoms with Crippen LogP contribution in [0, 0.1) is 6.92 Å². The number of likely N-dealkylation sites (N-methyl/N-ethyl adjacent to an activating group) is 1. The van der Waals surface area contributed by atoms with Gasteiger partial charge >= 0.3 is 0 Å². The first kappa shape index (κ1) is 18.5. The van der Waals surface area contributed by atoms with Gasteiger partial charge in [0.05, 0.1) is 12.1 Å². The zero-order valence-electron chi connectivity index (χ0n) is 16.8. The summed E-state index contributed by atoms with van der Waals surface area (Å²) in [7, 11) is 4.11. The molecule has 0 radical (unpaired) electrons. The van der Waals surface area contributed by atoms with Gasteiger partial charge in [-0.3, -0.25) is 4.99 Å². The van der Waals surface area contributed by atoms with Crippen molar-refractivity contribution < 1.29 is 4.74 Å². The Bertz CT molecular complexity index is 1010. The first-order valence-corrected chi connectivity index (χ1v) is 9.81. The van der Waals surface area contributed by atoms with Crippen molar-refractivity contribution in [3.8, 4) is 16.9 Å². The fourth-order valence-corrected chi connectivity index (χ4v) is 3.42. The number of amidine groups is 1. The van der Waals surface area contributed by atoms with Crippen LogP contribution in [0.5, 0.6) is 5.75 Å². The smallest absolute Gasteiger partial charge is 0.132 e. The lowest BCUT2D eigenvalue weighted by Gasteiger charge is -2.16. The normalized spacial score (nSPS) is 13.6. The SMILES string of the molecule is Cc1ccc(-c2ccc3cc(OCCN(C)C)c(C4=NCCN4)cc3c2)cc1. The maximum absolute atomic E-state index is 6.13. The molecule has 4 heteroatoms. The molecule has 0 spiro atoms. The monoisotopic (exact) mass is 373 g/mol. The number of hydrogen-bond acceptors (Lipinski definition) is 4. The van der Waals surface area contributed by atoms with Gasteiger partial charge in [0.25, 0.3) is 0 Å². The van der Waals surface area contributed by atoms with Gasteiger partial charge in [-0.1, -0.05) is 42.0 Å². The molecular weight excluding hydrogens is 346 g/mol. The summed E-state index contributed by atoms with van der Waals surface area (Å²) in [5.74, 6) is 1.83. The minimum atomic E-state index is 0.653. The lowest BCUT2D eigenvalue weighted by Crippen LogP contribution is -2.22. The zero-order chi connectivity index (χ0) is 19.5. The number of hydrogen-bond donors (Lipinski definition) is 1. The Morgan fingerprint density at radius 1 is 0.964 bits per heavy atom. The molecular formula is C24H27N3O. The van der Waals surface area contributed by atoms with Crippen molar-refractivity contribution >= 4 is 16.6 Å². The molecule has 28 heavy (non-hydrogen) atoms. The minimum Gasteiger partial charge on any atom is -0.491 e. The van der Waals surface area contributed by atoms with Crippen molar-refractivity contribution in [2.45, 2.75) is 6.92 Å². The summed E-state index contributed by atoms with van der Waals surface area (Å²) in [6.07, 6.45) is 0. The predicted molar refractivity (Wildman–Crippen MR) is 118 cm³/mol. The van der Waals surface area contributed by atoms with E-state index in [0.29, 0.717) is 6.61 Å². The average Bonchev–Trinajstić information content (AvgIpc) is 3.22. The fraction of sp³-hybridized carbons (Fsp3) is 0.292. The highest BCUT2D eigenvalue weighted by atomic mass is 16.5. The van der Waals surface area contributed by atoms with Gasteiger partial charge in [0.2, 0.25) is 0 Å². The van der Waals surface area contributed by atoms with E-state index in [1.54, 1.807) is 0 Å². The van der Waals surface area contributed by atoms with Crippen LogP contribution in [0.4, 0.5) is 0 Å². The highest BCUT2D eigenvalue weighted by Crippen LogP contribution is 2.31. The number of rotatable bonds is 6. The molecule has 4 rings (SSSR count). The lowest BCUT2D eigenvalue weighted by molar-refractivity contribution is 0.261. The van der Waals surface area contributed by atoms with E-state index < -0.39 is 0 Å². The molecule has 0 amide bonds. The first-order valence-electron chi connectivity index (χ1n) is 9.81. The summed E-state index contributed by atoms with van der Waals surface area (Å²) in [4.78, 5) is 6.75. The Balaban J connectivity index is 1.73. The van der Waals surface area contributed by atoms with Gasteiger partial charge in [-0.2, -0.15) is 0 Å². The van der Waals surface area contributed by atoms with Gasteiger partial charge in [0.15, 0.2) is 0 Å². The van der Waals surface area contributed by atoms with E-state index in [1.165, 1.54) is 27.5 Å². The number of ether oxygens (including phenoxy) is 1. The third-order valence-corrected chi connectivity index (χ3v) is 5.05. The Kier molecular flexibility index (Phi) is 5.31. The van der Waals surface area contributed by atoms with E-state index in [9.17, 15) is 0 Å². The van der Waals surface area contributed by atoms with E-state index >= 15 is 0 Å². The molecule has 1 N–H and O–H groups in total. The molecule has 1 aliphatic heterocycles.